The van der Waals surface area contributed by atoms with Crippen molar-refractivity contribution >= 4 is 17.5 Å². The number of carbonyl (C=O) groups excluding carboxylic acids is 2. The van der Waals surface area contributed by atoms with E-state index >= 15 is 0 Å². The summed E-state index contributed by atoms with van der Waals surface area (Å²) in [6, 6.07) is 16.0. The molecule has 0 saturated carbocycles. The summed E-state index contributed by atoms with van der Waals surface area (Å²) in [5, 5.41) is 5.59. The molecule has 5 heteroatoms. The maximum atomic E-state index is 12.5. The predicted molar refractivity (Wildman–Crippen MR) is 98.5 cm³/mol. The summed E-state index contributed by atoms with van der Waals surface area (Å²) in [5.74, 6) is -0.0101. The Labute approximate surface area is 148 Å². The normalized spacial score (nSPS) is 11.7. The van der Waals surface area contributed by atoms with Gasteiger partial charge in [-0.25, -0.2) is 0 Å². The number of amides is 2. The fraction of sp³-hybridized carbons (Fsp3) is 0.300. The van der Waals surface area contributed by atoms with Gasteiger partial charge < -0.3 is 15.4 Å². The second-order valence-electron chi connectivity index (χ2n) is 6.25. The van der Waals surface area contributed by atoms with Crippen molar-refractivity contribution in [2.75, 3.05) is 11.9 Å². The van der Waals surface area contributed by atoms with Crippen LogP contribution in [-0.4, -0.2) is 24.5 Å². The van der Waals surface area contributed by atoms with Crippen molar-refractivity contribution in [3.8, 4) is 5.75 Å². The van der Waals surface area contributed by atoms with Crippen LogP contribution in [0.15, 0.2) is 54.6 Å². The first-order valence-corrected chi connectivity index (χ1v) is 8.30. The molecule has 1 atom stereocenters. The summed E-state index contributed by atoms with van der Waals surface area (Å²) >= 11 is 0. The van der Waals surface area contributed by atoms with Crippen molar-refractivity contribution in [3.63, 3.8) is 0 Å². The van der Waals surface area contributed by atoms with Gasteiger partial charge in [0.15, 0.2) is 6.61 Å². The summed E-state index contributed by atoms with van der Waals surface area (Å²) < 4.78 is 5.42. The Balaban J connectivity index is 1.92. The van der Waals surface area contributed by atoms with E-state index in [0.717, 1.165) is 5.56 Å². The number of rotatable bonds is 7. The first-order chi connectivity index (χ1) is 12.0. The highest BCUT2D eigenvalue weighted by Gasteiger charge is 2.24. The minimum absolute atomic E-state index is 0.0505. The minimum Gasteiger partial charge on any atom is -0.484 e. The van der Waals surface area contributed by atoms with E-state index in [1.54, 1.807) is 12.1 Å². The van der Waals surface area contributed by atoms with E-state index in [1.165, 1.54) is 0 Å². The van der Waals surface area contributed by atoms with Crippen LogP contribution in [0.4, 0.5) is 5.69 Å². The highest BCUT2D eigenvalue weighted by atomic mass is 16.5. The zero-order valence-corrected chi connectivity index (χ0v) is 14.8. The van der Waals surface area contributed by atoms with E-state index in [-0.39, 0.29) is 24.3 Å². The Kier molecular flexibility index (Phi) is 6.57. The van der Waals surface area contributed by atoms with Crippen LogP contribution in [0.1, 0.15) is 19.4 Å². The zero-order valence-electron chi connectivity index (χ0n) is 14.8. The standard InChI is InChI=1S/C20H24N2O3/c1-14(2)19(20(24)21-16-9-7-8-15(3)12-16)22-18(23)13-25-17-10-5-4-6-11-17/h4-12,14,19H,13H2,1-3H3,(H,21,24)(H,22,23)/t19-/m0/s1. The molecular formula is C20H24N2O3. The first kappa shape index (κ1) is 18.5. The van der Waals surface area contributed by atoms with Crippen LogP contribution in [0.2, 0.25) is 0 Å². The summed E-state index contributed by atoms with van der Waals surface area (Å²) in [5.41, 5.74) is 1.77. The largest absolute Gasteiger partial charge is 0.484 e. The minimum atomic E-state index is -0.632. The molecule has 0 spiro atoms. The van der Waals surface area contributed by atoms with Gasteiger partial charge in [-0.2, -0.15) is 0 Å². The summed E-state index contributed by atoms with van der Waals surface area (Å²) in [6.07, 6.45) is 0. The number of para-hydroxylation sites is 1. The molecule has 2 N–H and O–H groups in total. The summed E-state index contributed by atoms with van der Waals surface area (Å²) in [4.78, 5) is 24.6. The van der Waals surface area contributed by atoms with Gasteiger partial charge in [-0.15, -0.1) is 0 Å². The number of hydrogen-bond acceptors (Lipinski definition) is 3. The number of nitrogens with one attached hydrogen (secondary N) is 2. The third kappa shape index (κ3) is 5.95. The Morgan fingerprint density at radius 3 is 2.40 bits per heavy atom. The third-order valence-corrected chi connectivity index (χ3v) is 3.66. The van der Waals surface area contributed by atoms with Gasteiger partial charge in [0.05, 0.1) is 0 Å². The molecular weight excluding hydrogens is 316 g/mol. The number of aryl methyl sites for hydroxylation is 1. The molecule has 0 unspecified atom stereocenters. The van der Waals surface area contributed by atoms with Crippen molar-refractivity contribution in [3.05, 3.63) is 60.2 Å². The fourth-order valence-corrected chi connectivity index (χ4v) is 2.36. The molecule has 0 radical (unpaired) electrons. The van der Waals surface area contributed by atoms with E-state index in [0.29, 0.717) is 11.4 Å². The molecule has 0 saturated heterocycles. The number of benzene rings is 2. The lowest BCUT2D eigenvalue weighted by Gasteiger charge is -2.22. The molecule has 0 aliphatic carbocycles. The lowest BCUT2D eigenvalue weighted by atomic mass is 10.0. The van der Waals surface area contributed by atoms with Crippen molar-refractivity contribution in [1.82, 2.24) is 5.32 Å². The third-order valence-electron chi connectivity index (χ3n) is 3.66. The highest BCUT2D eigenvalue weighted by Crippen LogP contribution is 2.12. The predicted octanol–water partition coefficient (Wildman–Crippen LogP) is 3.15. The Morgan fingerprint density at radius 1 is 1.04 bits per heavy atom. The lowest BCUT2D eigenvalue weighted by Crippen LogP contribution is -2.48. The quantitative estimate of drug-likeness (QED) is 0.813. The fourth-order valence-electron chi connectivity index (χ4n) is 2.36. The van der Waals surface area contributed by atoms with E-state index in [2.05, 4.69) is 10.6 Å². The molecule has 5 nitrogen and oxygen atoms in total. The topological polar surface area (TPSA) is 67.4 Å². The Bertz CT molecular complexity index is 714. The average Bonchev–Trinajstić information content (AvgIpc) is 2.58. The molecule has 0 aliphatic heterocycles. The second kappa shape index (κ2) is 8.87. The van der Waals surface area contributed by atoms with Crippen molar-refractivity contribution < 1.29 is 14.3 Å². The molecule has 0 heterocycles. The SMILES string of the molecule is Cc1cccc(NC(=O)[C@@H](NC(=O)COc2ccccc2)C(C)C)c1. The van der Waals surface area contributed by atoms with Gasteiger partial charge in [0.2, 0.25) is 5.91 Å². The molecule has 25 heavy (non-hydrogen) atoms. The van der Waals surface area contributed by atoms with Crippen molar-refractivity contribution in [1.29, 1.82) is 0 Å². The van der Waals surface area contributed by atoms with E-state index in [4.69, 9.17) is 4.74 Å². The van der Waals surface area contributed by atoms with Crippen molar-refractivity contribution in [2.24, 2.45) is 5.92 Å². The molecule has 2 aromatic carbocycles. The van der Waals surface area contributed by atoms with E-state index in [9.17, 15) is 9.59 Å². The van der Waals surface area contributed by atoms with E-state index in [1.807, 2.05) is 63.2 Å². The zero-order chi connectivity index (χ0) is 18.2. The van der Waals surface area contributed by atoms with Crippen LogP contribution < -0.4 is 15.4 Å². The van der Waals surface area contributed by atoms with Crippen LogP contribution in [-0.2, 0) is 9.59 Å². The van der Waals surface area contributed by atoms with Gasteiger partial charge in [-0.3, -0.25) is 9.59 Å². The molecule has 0 aliphatic rings. The molecule has 0 bridgehead atoms. The average molecular weight is 340 g/mol. The molecule has 0 aromatic heterocycles. The maximum Gasteiger partial charge on any atom is 0.258 e. The molecule has 2 amide bonds. The number of hydrogen-bond donors (Lipinski definition) is 2. The Hall–Kier alpha value is -2.82. The van der Waals surface area contributed by atoms with Crippen LogP contribution in [0.25, 0.3) is 0 Å². The highest BCUT2D eigenvalue weighted by molar-refractivity contribution is 5.97. The van der Waals surface area contributed by atoms with Gasteiger partial charge in [0.1, 0.15) is 11.8 Å². The smallest absolute Gasteiger partial charge is 0.258 e. The van der Waals surface area contributed by atoms with Crippen LogP contribution in [0.5, 0.6) is 5.75 Å². The van der Waals surface area contributed by atoms with E-state index < -0.39 is 6.04 Å². The number of carbonyl (C=O) groups is 2. The molecule has 2 aromatic rings. The van der Waals surface area contributed by atoms with Gasteiger partial charge in [0, 0.05) is 5.69 Å². The molecule has 0 fully saturated rings. The van der Waals surface area contributed by atoms with Crippen LogP contribution >= 0.6 is 0 Å². The molecule has 132 valence electrons. The summed E-state index contributed by atoms with van der Waals surface area (Å²) in [7, 11) is 0. The van der Waals surface area contributed by atoms with Gasteiger partial charge >= 0.3 is 0 Å². The number of ether oxygens (including phenoxy) is 1. The van der Waals surface area contributed by atoms with Gasteiger partial charge in [-0.05, 0) is 42.7 Å². The van der Waals surface area contributed by atoms with Gasteiger partial charge in [-0.1, -0.05) is 44.2 Å². The van der Waals surface area contributed by atoms with Crippen LogP contribution in [0.3, 0.4) is 0 Å². The van der Waals surface area contributed by atoms with Crippen LogP contribution in [0, 0.1) is 12.8 Å². The monoisotopic (exact) mass is 340 g/mol. The molecule has 2 rings (SSSR count). The lowest BCUT2D eigenvalue weighted by molar-refractivity contribution is -0.128. The summed E-state index contributed by atoms with van der Waals surface area (Å²) in [6.45, 7) is 5.60. The number of anilines is 1. The van der Waals surface area contributed by atoms with Crippen molar-refractivity contribution in [2.45, 2.75) is 26.8 Å². The first-order valence-electron chi connectivity index (χ1n) is 8.30. The Morgan fingerprint density at radius 2 is 1.76 bits per heavy atom. The van der Waals surface area contributed by atoms with Gasteiger partial charge in [0.25, 0.3) is 5.91 Å². The second-order valence-corrected chi connectivity index (χ2v) is 6.25. The maximum absolute atomic E-state index is 12.5.